The van der Waals surface area contributed by atoms with Gasteiger partial charge in [-0.05, 0) is 31.0 Å². The number of carbonyl (C=O) groups excluding carboxylic acids is 1. The van der Waals surface area contributed by atoms with Crippen molar-refractivity contribution >= 4 is 21.8 Å². The van der Waals surface area contributed by atoms with Crippen LogP contribution in [0.15, 0.2) is 22.7 Å². The van der Waals surface area contributed by atoms with E-state index in [9.17, 15) is 9.18 Å². The van der Waals surface area contributed by atoms with Crippen molar-refractivity contribution in [1.82, 2.24) is 4.90 Å². The maximum Gasteiger partial charge on any atom is 0.227 e. The fourth-order valence-electron chi connectivity index (χ4n) is 2.58. The highest BCUT2D eigenvalue weighted by Crippen LogP contribution is 2.26. The second-order valence-electron chi connectivity index (χ2n) is 5.13. The highest BCUT2D eigenvalue weighted by atomic mass is 79.9. The highest BCUT2D eigenvalue weighted by molar-refractivity contribution is 9.10. The molecule has 0 radical (unpaired) electrons. The highest BCUT2D eigenvalue weighted by Gasteiger charge is 2.32. The van der Waals surface area contributed by atoms with E-state index in [1.165, 1.54) is 6.07 Å². The summed E-state index contributed by atoms with van der Waals surface area (Å²) in [6.45, 7) is 0.271. The molecule has 0 saturated heterocycles. The number of rotatable bonds is 3. The third kappa shape index (κ3) is 3.34. The zero-order valence-electron chi connectivity index (χ0n) is 10.9. The van der Waals surface area contributed by atoms with E-state index in [0.29, 0.717) is 5.56 Å². The molecule has 0 spiro atoms. The van der Waals surface area contributed by atoms with Crippen molar-refractivity contribution in [2.75, 3.05) is 7.05 Å². The van der Waals surface area contributed by atoms with Gasteiger partial charge in [-0.1, -0.05) is 22.4 Å². The van der Waals surface area contributed by atoms with E-state index in [4.69, 9.17) is 5.73 Å². The topological polar surface area (TPSA) is 46.3 Å². The molecule has 1 saturated carbocycles. The lowest BCUT2D eigenvalue weighted by Gasteiger charge is -2.23. The molecule has 3 nitrogen and oxygen atoms in total. The molecule has 5 heteroatoms. The van der Waals surface area contributed by atoms with Gasteiger partial charge in [0.05, 0.1) is 5.92 Å². The Morgan fingerprint density at radius 1 is 1.53 bits per heavy atom. The van der Waals surface area contributed by atoms with Crippen LogP contribution < -0.4 is 5.73 Å². The minimum absolute atomic E-state index is 0.0179. The molecule has 1 fully saturated rings. The first kappa shape index (κ1) is 14.5. The molecule has 0 heterocycles. The number of amides is 1. The normalized spacial score (nSPS) is 22.5. The van der Waals surface area contributed by atoms with Crippen molar-refractivity contribution in [2.45, 2.75) is 31.8 Å². The summed E-state index contributed by atoms with van der Waals surface area (Å²) in [5, 5.41) is 0. The molecule has 1 aromatic rings. The zero-order valence-corrected chi connectivity index (χ0v) is 12.5. The number of hydrogen-bond acceptors (Lipinski definition) is 2. The molecule has 1 aromatic carbocycles. The van der Waals surface area contributed by atoms with Crippen LogP contribution in [0.25, 0.3) is 0 Å². The third-order valence-corrected chi connectivity index (χ3v) is 4.17. The molecule has 2 unspecified atom stereocenters. The summed E-state index contributed by atoms with van der Waals surface area (Å²) in [5.74, 6) is -0.386. The van der Waals surface area contributed by atoms with E-state index in [2.05, 4.69) is 15.9 Å². The largest absolute Gasteiger partial charge is 0.341 e. The molecule has 19 heavy (non-hydrogen) atoms. The van der Waals surface area contributed by atoms with Gasteiger partial charge in [0.15, 0.2) is 0 Å². The predicted molar refractivity (Wildman–Crippen MR) is 75.9 cm³/mol. The van der Waals surface area contributed by atoms with Crippen LogP contribution >= 0.6 is 15.9 Å². The van der Waals surface area contributed by atoms with Crippen molar-refractivity contribution in [3.05, 3.63) is 34.1 Å². The van der Waals surface area contributed by atoms with Crippen LogP contribution in [0.4, 0.5) is 4.39 Å². The van der Waals surface area contributed by atoms with E-state index in [-0.39, 0.29) is 30.2 Å². The molecular formula is C14H18BrFN2O. The van der Waals surface area contributed by atoms with Crippen LogP contribution in [0.5, 0.6) is 0 Å². The second kappa shape index (κ2) is 6.01. The van der Waals surface area contributed by atoms with Gasteiger partial charge >= 0.3 is 0 Å². The molecule has 2 rings (SSSR count). The maximum atomic E-state index is 13.7. The van der Waals surface area contributed by atoms with Crippen LogP contribution in [0.1, 0.15) is 24.8 Å². The predicted octanol–water partition coefficient (Wildman–Crippen LogP) is 2.67. The van der Waals surface area contributed by atoms with Crippen LogP contribution in [0, 0.1) is 11.7 Å². The first-order chi connectivity index (χ1) is 8.99. The Hall–Kier alpha value is -0.940. The molecule has 2 atom stereocenters. The van der Waals surface area contributed by atoms with Gasteiger partial charge in [-0.15, -0.1) is 0 Å². The third-order valence-electron chi connectivity index (χ3n) is 3.68. The molecule has 0 bridgehead atoms. The molecule has 1 aliphatic rings. The standard InChI is InChI=1S/C14H18BrFN2O/c1-18(14(19)11-3-2-4-13(11)17)8-9-7-10(15)5-6-12(9)16/h5-7,11,13H,2-4,8,17H2,1H3. The minimum atomic E-state index is -0.293. The number of benzene rings is 1. The number of hydrogen-bond donors (Lipinski definition) is 1. The van der Waals surface area contributed by atoms with Crippen LogP contribution in [0.2, 0.25) is 0 Å². The Bertz CT molecular complexity index is 481. The summed E-state index contributed by atoms with van der Waals surface area (Å²) in [4.78, 5) is 13.8. The van der Waals surface area contributed by atoms with Crippen LogP contribution in [-0.2, 0) is 11.3 Å². The van der Waals surface area contributed by atoms with Crippen molar-refractivity contribution in [1.29, 1.82) is 0 Å². The number of nitrogens with two attached hydrogens (primary N) is 1. The van der Waals surface area contributed by atoms with E-state index >= 15 is 0 Å². The number of carbonyl (C=O) groups is 1. The molecule has 104 valence electrons. The van der Waals surface area contributed by atoms with Gasteiger partial charge in [0, 0.05) is 29.7 Å². The van der Waals surface area contributed by atoms with E-state index in [1.54, 1.807) is 24.1 Å². The average Bonchev–Trinajstić information content (AvgIpc) is 2.79. The van der Waals surface area contributed by atoms with Gasteiger partial charge in [-0.2, -0.15) is 0 Å². The Labute approximate surface area is 121 Å². The van der Waals surface area contributed by atoms with Gasteiger partial charge in [0.1, 0.15) is 5.82 Å². The van der Waals surface area contributed by atoms with E-state index < -0.39 is 0 Å². The molecule has 0 aliphatic heterocycles. The Morgan fingerprint density at radius 2 is 2.26 bits per heavy atom. The molecular weight excluding hydrogens is 311 g/mol. The SMILES string of the molecule is CN(Cc1cc(Br)ccc1F)C(=O)C1CCCC1N. The summed E-state index contributed by atoms with van der Waals surface area (Å²) in [5.41, 5.74) is 6.45. The summed E-state index contributed by atoms with van der Waals surface area (Å²) >= 11 is 3.31. The second-order valence-corrected chi connectivity index (χ2v) is 6.05. The van der Waals surface area contributed by atoms with Crippen molar-refractivity contribution < 1.29 is 9.18 Å². The maximum absolute atomic E-state index is 13.7. The van der Waals surface area contributed by atoms with E-state index in [0.717, 1.165) is 23.7 Å². The fraction of sp³-hybridized carbons (Fsp3) is 0.500. The molecule has 1 aliphatic carbocycles. The Kier molecular flexibility index (Phi) is 4.58. The summed E-state index contributed by atoms with van der Waals surface area (Å²) in [7, 11) is 1.70. The zero-order chi connectivity index (χ0) is 14.0. The minimum Gasteiger partial charge on any atom is -0.341 e. The van der Waals surface area contributed by atoms with Crippen LogP contribution in [-0.4, -0.2) is 23.9 Å². The number of nitrogens with zero attached hydrogens (tertiary/aromatic N) is 1. The monoisotopic (exact) mass is 328 g/mol. The molecule has 1 amide bonds. The van der Waals surface area contributed by atoms with Gasteiger partial charge in [-0.25, -0.2) is 4.39 Å². The smallest absolute Gasteiger partial charge is 0.227 e. The lowest BCUT2D eigenvalue weighted by molar-refractivity contribution is -0.134. The first-order valence-corrected chi connectivity index (χ1v) is 7.23. The van der Waals surface area contributed by atoms with Gasteiger partial charge < -0.3 is 10.6 Å². The Balaban J connectivity index is 2.06. The average molecular weight is 329 g/mol. The van der Waals surface area contributed by atoms with Crippen LogP contribution in [0.3, 0.4) is 0 Å². The lowest BCUT2D eigenvalue weighted by Crippen LogP contribution is -2.39. The first-order valence-electron chi connectivity index (χ1n) is 6.43. The van der Waals surface area contributed by atoms with E-state index in [1.807, 2.05) is 0 Å². The number of halogens is 2. The fourth-order valence-corrected chi connectivity index (χ4v) is 2.98. The van der Waals surface area contributed by atoms with Crippen molar-refractivity contribution in [3.63, 3.8) is 0 Å². The summed E-state index contributed by atoms with van der Waals surface area (Å²) in [6, 6.07) is 4.70. The van der Waals surface area contributed by atoms with Gasteiger partial charge in [0.2, 0.25) is 5.91 Å². The van der Waals surface area contributed by atoms with Crippen molar-refractivity contribution in [3.8, 4) is 0 Å². The molecule has 2 N–H and O–H groups in total. The van der Waals surface area contributed by atoms with Gasteiger partial charge in [0.25, 0.3) is 0 Å². The quantitative estimate of drug-likeness (QED) is 0.927. The Morgan fingerprint density at radius 3 is 2.89 bits per heavy atom. The summed E-state index contributed by atoms with van der Waals surface area (Å²) < 4.78 is 14.5. The molecule has 0 aromatic heterocycles. The summed E-state index contributed by atoms with van der Waals surface area (Å²) in [6.07, 6.45) is 2.73. The lowest BCUT2D eigenvalue weighted by atomic mass is 10.0. The van der Waals surface area contributed by atoms with Crippen molar-refractivity contribution in [2.24, 2.45) is 11.7 Å². The van der Waals surface area contributed by atoms with Gasteiger partial charge in [-0.3, -0.25) is 4.79 Å².